The Bertz CT molecular complexity index is 97.0. The van der Waals surface area contributed by atoms with Crippen molar-refractivity contribution < 1.29 is 0 Å². The molecule has 0 aromatic carbocycles. The number of hydrogen-bond donors (Lipinski definition) is 0. The molecule has 0 heterocycles. The van der Waals surface area contributed by atoms with E-state index in [2.05, 4.69) is 19.7 Å². The van der Waals surface area contributed by atoms with Crippen LogP contribution in [0.15, 0.2) is 38.0 Å². The van der Waals surface area contributed by atoms with Crippen molar-refractivity contribution in [3.63, 3.8) is 0 Å². The Labute approximate surface area is 109 Å². The van der Waals surface area contributed by atoms with E-state index in [1.165, 1.54) is 18.1 Å². The molecule has 11 heavy (non-hydrogen) atoms. The van der Waals surface area contributed by atoms with E-state index in [4.69, 9.17) is 0 Å². The second-order valence-electron chi connectivity index (χ2n) is 2.44. The van der Waals surface area contributed by atoms with Crippen molar-refractivity contribution in [3.8, 4) is 0 Å². The van der Waals surface area contributed by atoms with Crippen LogP contribution in [0.5, 0.6) is 0 Å². The number of rotatable bonds is 6. The summed E-state index contributed by atoms with van der Waals surface area (Å²) < 4.78 is 0. The molecule has 0 unspecified atom stereocenters. The van der Waals surface area contributed by atoms with Gasteiger partial charge in [0.1, 0.15) is 0 Å². The first-order chi connectivity index (χ1) is 4.85. The molecule has 0 N–H and O–H groups in total. The van der Waals surface area contributed by atoms with E-state index in [1.807, 2.05) is 18.2 Å². The predicted octanol–water partition coefficient (Wildman–Crippen LogP) is 1.86. The molecule has 0 spiro atoms. The molecule has 0 aliphatic carbocycles. The van der Waals surface area contributed by atoms with Gasteiger partial charge in [-0.15, -0.1) is 19.7 Å². The Kier molecular flexibility index (Phi) is 14.3. The zero-order chi connectivity index (χ0) is 7.82. The molecule has 60 valence electrons. The molecule has 0 saturated carbocycles. The van der Waals surface area contributed by atoms with E-state index < -0.39 is 8.80 Å². The van der Waals surface area contributed by atoms with E-state index in [1.54, 1.807) is 0 Å². The first-order valence-corrected chi connectivity index (χ1v) is 6.12. The summed E-state index contributed by atoms with van der Waals surface area (Å²) in [6.45, 7) is 11.2. The Morgan fingerprint density at radius 3 is 1.27 bits per heavy atom. The van der Waals surface area contributed by atoms with E-state index >= 15 is 0 Å². The minimum absolute atomic E-state index is 0. The predicted molar refractivity (Wildman–Crippen MR) is 60.7 cm³/mol. The molecule has 0 nitrogen and oxygen atoms in total. The molecule has 0 aliphatic rings. The van der Waals surface area contributed by atoms with Gasteiger partial charge in [-0.05, 0) is 18.1 Å². The third kappa shape index (κ3) is 8.83. The van der Waals surface area contributed by atoms with Gasteiger partial charge in [0, 0.05) is 8.80 Å². The fraction of sp³-hybridized carbons (Fsp3) is 0.333. The maximum absolute atomic E-state index is 3.73. The quantitative estimate of drug-likeness (QED) is 0.492. The van der Waals surface area contributed by atoms with E-state index in [-0.39, 0.29) is 45.5 Å². The van der Waals surface area contributed by atoms with Gasteiger partial charge < -0.3 is 0 Å². The van der Waals surface area contributed by atoms with Gasteiger partial charge in [-0.1, -0.05) is 18.2 Å². The maximum atomic E-state index is 3.73. The van der Waals surface area contributed by atoms with E-state index in [0.29, 0.717) is 0 Å². The standard InChI is InChI=1S/C9H16Si.Sr.2H/c1-4-7-10(8-5-2)9-6-3;;;/h4-6,10H,1-3,7-9H2;;;. The van der Waals surface area contributed by atoms with Crippen molar-refractivity contribution in [3.05, 3.63) is 38.0 Å². The third-order valence-corrected chi connectivity index (χ3v) is 4.50. The summed E-state index contributed by atoms with van der Waals surface area (Å²) in [5, 5.41) is 0. The van der Waals surface area contributed by atoms with Crippen LogP contribution in [0.25, 0.3) is 0 Å². The first kappa shape index (κ1) is 14.4. The molecule has 0 bridgehead atoms. The molecule has 0 amide bonds. The van der Waals surface area contributed by atoms with Crippen molar-refractivity contribution in [2.75, 3.05) is 0 Å². The minimum atomic E-state index is -0.588. The molecule has 2 heteroatoms. The van der Waals surface area contributed by atoms with Crippen LogP contribution < -0.4 is 0 Å². The van der Waals surface area contributed by atoms with Gasteiger partial charge >= 0.3 is 45.5 Å². The normalized spacial score (nSPS) is 8.45. The van der Waals surface area contributed by atoms with Gasteiger partial charge in [0.2, 0.25) is 0 Å². The van der Waals surface area contributed by atoms with Gasteiger partial charge in [0.25, 0.3) is 0 Å². The van der Waals surface area contributed by atoms with Crippen LogP contribution >= 0.6 is 0 Å². The van der Waals surface area contributed by atoms with Crippen LogP contribution in [0, 0.1) is 0 Å². The van der Waals surface area contributed by atoms with Gasteiger partial charge in [0.05, 0.1) is 0 Å². The molecular weight excluding hydrogens is 224 g/mol. The Balaban J connectivity index is 0. The molecular formula is C9H18SiSr. The topological polar surface area (TPSA) is 0 Å². The molecule has 0 fully saturated rings. The second-order valence-corrected chi connectivity index (χ2v) is 5.59. The molecule has 0 rings (SSSR count). The van der Waals surface area contributed by atoms with Gasteiger partial charge in [-0.3, -0.25) is 0 Å². The zero-order valence-corrected chi connectivity index (χ0v) is 7.71. The SMILES string of the molecule is C=CC[SiH](CC=C)CC=C.[SrH2]. The molecule has 0 aliphatic heterocycles. The summed E-state index contributed by atoms with van der Waals surface area (Å²) in [6.07, 6.45) is 6.05. The Morgan fingerprint density at radius 1 is 0.818 bits per heavy atom. The fourth-order valence-corrected chi connectivity index (χ4v) is 2.99. The summed E-state index contributed by atoms with van der Waals surface area (Å²) in [5.41, 5.74) is 0. The second kappa shape index (κ2) is 10.9. The molecule has 0 radical (unpaired) electrons. The van der Waals surface area contributed by atoms with Crippen molar-refractivity contribution in [1.29, 1.82) is 0 Å². The molecule has 0 saturated heterocycles. The molecule has 0 aromatic heterocycles. The Hall–Kier alpha value is 0.917. The van der Waals surface area contributed by atoms with Crippen molar-refractivity contribution in [2.45, 2.75) is 18.1 Å². The van der Waals surface area contributed by atoms with Gasteiger partial charge in [0.15, 0.2) is 0 Å². The summed E-state index contributed by atoms with van der Waals surface area (Å²) in [4.78, 5) is 0. The fourth-order valence-electron chi connectivity index (χ4n) is 0.996. The van der Waals surface area contributed by atoms with Gasteiger partial charge in [-0.25, -0.2) is 0 Å². The van der Waals surface area contributed by atoms with E-state index in [9.17, 15) is 0 Å². The van der Waals surface area contributed by atoms with Crippen LogP contribution in [-0.2, 0) is 0 Å². The van der Waals surface area contributed by atoms with Crippen LogP contribution in [-0.4, -0.2) is 54.3 Å². The van der Waals surface area contributed by atoms with Gasteiger partial charge in [-0.2, -0.15) is 0 Å². The zero-order valence-electron chi connectivity index (χ0n) is 6.55. The average molecular weight is 242 g/mol. The van der Waals surface area contributed by atoms with Crippen LogP contribution in [0.4, 0.5) is 0 Å². The van der Waals surface area contributed by atoms with Crippen molar-refractivity contribution >= 4 is 54.3 Å². The number of allylic oxidation sites excluding steroid dienone is 3. The van der Waals surface area contributed by atoms with Crippen LogP contribution in [0.3, 0.4) is 0 Å². The monoisotopic (exact) mass is 242 g/mol. The number of hydrogen-bond acceptors (Lipinski definition) is 0. The summed E-state index contributed by atoms with van der Waals surface area (Å²) >= 11 is 0. The van der Waals surface area contributed by atoms with Crippen molar-refractivity contribution in [1.82, 2.24) is 0 Å². The molecule has 0 atom stereocenters. The third-order valence-electron chi connectivity index (χ3n) is 1.50. The summed E-state index contributed by atoms with van der Waals surface area (Å²) in [6, 6.07) is 3.62. The van der Waals surface area contributed by atoms with Crippen molar-refractivity contribution in [2.24, 2.45) is 0 Å². The van der Waals surface area contributed by atoms with Crippen LogP contribution in [0.2, 0.25) is 18.1 Å². The van der Waals surface area contributed by atoms with E-state index in [0.717, 1.165) is 0 Å². The Morgan fingerprint density at radius 2 is 1.09 bits per heavy atom. The summed E-state index contributed by atoms with van der Waals surface area (Å²) in [5.74, 6) is 0. The summed E-state index contributed by atoms with van der Waals surface area (Å²) in [7, 11) is -0.588. The molecule has 0 aromatic rings. The first-order valence-electron chi connectivity index (χ1n) is 3.67. The average Bonchev–Trinajstić information content (AvgIpc) is 1.90. The van der Waals surface area contributed by atoms with Crippen LogP contribution in [0.1, 0.15) is 0 Å².